The molecule has 1 atom stereocenters. The monoisotopic (exact) mass is 1120 g/mol. The van der Waals surface area contributed by atoms with Crippen molar-refractivity contribution >= 4 is 75.5 Å². The van der Waals surface area contributed by atoms with Gasteiger partial charge in [0.1, 0.15) is 17.2 Å². The first kappa shape index (κ1) is 55.4. The van der Waals surface area contributed by atoms with Crippen molar-refractivity contribution in [1.29, 1.82) is 0 Å². The molecule has 0 amide bonds. The average Bonchev–Trinajstić information content (AvgIpc) is 3.26. The van der Waals surface area contributed by atoms with Crippen molar-refractivity contribution in [2.45, 2.75) is 12.5 Å². The molecule has 3 aromatic rings. The number of carboxylic acid groups (broad SMARTS) is 5. The molecule has 19 nitrogen and oxygen atoms in total. The van der Waals surface area contributed by atoms with Gasteiger partial charge in [-0.05, 0) is 78.3 Å². The molecule has 0 saturated carbocycles. The minimum atomic E-state index is -1.39. The van der Waals surface area contributed by atoms with E-state index in [-0.39, 0.29) is 103 Å². The van der Waals surface area contributed by atoms with Gasteiger partial charge in [-0.25, -0.2) is 9.79 Å². The summed E-state index contributed by atoms with van der Waals surface area (Å²) in [5.74, 6) is -5.47. The number of fused-ring (bicyclic) bond motifs is 2. The second kappa shape index (κ2) is 24.6. The third kappa shape index (κ3) is 15.3. The Morgan fingerprint density at radius 3 is 1.86 bits per heavy atom. The van der Waals surface area contributed by atoms with Crippen molar-refractivity contribution in [2.75, 3.05) is 117 Å². The van der Waals surface area contributed by atoms with Crippen molar-refractivity contribution < 1.29 is 94.2 Å². The summed E-state index contributed by atoms with van der Waals surface area (Å²) in [6.45, 7) is -1.46. The van der Waals surface area contributed by atoms with Gasteiger partial charge in [0.2, 0.25) is 0 Å². The van der Waals surface area contributed by atoms with E-state index in [1.54, 1.807) is 46.2 Å². The molecule has 371 valence electrons. The Balaban J connectivity index is 0.00000913. The molecule has 2 N–H and O–H groups in total. The van der Waals surface area contributed by atoms with Gasteiger partial charge in [0, 0.05) is 132 Å². The van der Waals surface area contributed by atoms with Gasteiger partial charge in [0.05, 0.1) is 56.3 Å². The minimum Gasteiger partial charge on any atom is -0.549 e. The van der Waals surface area contributed by atoms with Crippen LogP contribution in [0.1, 0.15) is 16.7 Å². The molecule has 1 fully saturated rings. The van der Waals surface area contributed by atoms with Crippen molar-refractivity contribution in [3.05, 3.63) is 107 Å². The number of rotatable bonds is 14. The van der Waals surface area contributed by atoms with Crippen molar-refractivity contribution in [3.8, 4) is 11.5 Å². The first-order chi connectivity index (χ1) is 32.6. The maximum absolute atomic E-state index is 13.0. The zero-order valence-electron chi connectivity index (χ0n) is 39.5. The SMILES string of the molecule is CN(C)c1ccc2c(c1)Oc1cc([N+](C)(C)C)ccc1/C2=C1C=C/C(=N\C(=S)Nc2ccc(CC3CN(CC(=O)[O-])CCN(CC(=O)[O-])CCN(CC(=O)[O-])CCN3CC(=O)[O-])cc2)C=C\1C(=O)O.[Gd+3]. The number of aliphatic carboxylic acids is 5. The smallest absolute Gasteiger partial charge is 0.549 e. The maximum Gasteiger partial charge on any atom is 3.00 e. The number of carbonyl (C=O) groups is 5. The van der Waals surface area contributed by atoms with Crippen LogP contribution in [0.5, 0.6) is 11.5 Å². The van der Waals surface area contributed by atoms with Crippen LogP contribution < -0.4 is 39.9 Å². The number of benzene rings is 3. The van der Waals surface area contributed by atoms with Gasteiger partial charge < -0.3 is 59.7 Å². The summed E-state index contributed by atoms with van der Waals surface area (Å²) in [5.41, 5.74) is 6.09. The van der Waals surface area contributed by atoms with E-state index in [0.717, 1.165) is 28.1 Å². The second-order valence-corrected chi connectivity index (χ2v) is 18.5. The molecule has 1 aliphatic carbocycles. The molecule has 3 aromatic carbocycles. The Bertz CT molecular complexity index is 2610. The predicted octanol–water partition coefficient (Wildman–Crippen LogP) is -1.59. The fraction of sp³-hybridized carbons (Fsp3) is 0.367. The third-order valence-electron chi connectivity index (χ3n) is 11.9. The van der Waals surface area contributed by atoms with Crippen LogP contribution in [0.15, 0.2) is 95.0 Å². The molecule has 1 saturated heterocycles. The summed E-state index contributed by atoms with van der Waals surface area (Å²) in [5, 5.41) is 60.8. The number of aliphatic imine (C=N–C) groups is 1. The zero-order chi connectivity index (χ0) is 50.2. The Kier molecular flexibility index (Phi) is 19.5. The molecule has 6 rings (SSSR count). The molecule has 3 aliphatic rings. The molecule has 1 radical (unpaired) electrons. The van der Waals surface area contributed by atoms with Crippen LogP contribution in [0.3, 0.4) is 0 Å². The Hall–Kier alpha value is -5.49. The standard InChI is InChI=1S/C49H58N8O11S.Gd/c1-52(2)34-11-14-38-41(24-34)68-42-25-36(57(3,4)5)12-15-39(42)47(38)37-13-10-33(23-40(37)48(66)67)51-49(69)50-32-8-6-31(7-9-32)22-35-26-55(29-45(62)63)19-18-53(27-43(58)59)16-17-54(28-44(60)61)20-21-56(35)30-46(64)65;/h6-15,23-25,35H,16-22,26-30H2,1-5H3,(H5-,50,58,59,60,61,62,63,64,65,66,67,69);/q;+3/p-3/b47-37+,51-33+;. The van der Waals surface area contributed by atoms with Crippen LogP contribution >= 0.6 is 12.2 Å². The van der Waals surface area contributed by atoms with Crippen LogP contribution in [-0.4, -0.2) is 179 Å². The Morgan fingerprint density at radius 1 is 0.757 bits per heavy atom. The number of carbonyl (C=O) groups excluding carboxylic acids is 4. The number of ether oxygens (including phenoxy) is 1. The van der Waals surface area contributed by atoms with E-state index in [1.165, 1.54) is 15.9 Å². The largest absolute Gasteiger partial charge is 3.00 e. The summed E-state index contributed by atoms with van der Waals surface area (Å²) in [4.78, 5) is 72.8. The van der Waals surface area contributed by atoms with E-state index in [4.69, 9.17) is 17.0 Å². The van der Waals surface area contributed by atoms with E-state index < -0.39 is 62.1 Å². The van der Waals surface area contributed by atoms with Crippen molar-refractivity contribution in [1.82, 2.24) is 24.1 Å². The number of nitrogens with zero attached hydrogens (tertiary/aromatic N) is 7. The van der Waals surface area contributed by atoms with E-state index in [2.05, 4.69) is 10.3 Å². The van der Waals surface area contributed by atoms with Crippen molar-refractivity contribution in [3.63, 3.8) is 0 Å². The molecular weight excluding hydrogens is 1070 g/mol. The van der Waals surface area contributed by atoms with Gasteiger partial charge in [-0.2, -0.15) is 0 Å². The predicted molar refractivity (Wildman–Crippen MR) is 256 cm³/mol. The van der Waals surface area contributed by atoms with Crippen LogP contribution in [-0.2, 0) is 30.4 Å². The molecule has 0 bridgehead atoms. The molecule has 1 unspecified atom stereocenters. The van der Waals surface area contributed by atoms with Gasteiger partial charge >= 0.3 is 45.9 Å². The maximum atomic E-state index is 13.0. The second-order valence-electron chi connectivity index (χ2n) is 18.1. The molecule has 21 heteroatoms. The number of allylic oxidation sites excluding steroid dienone is 3. The van der Waals surface area contributed by atoms with Gasteiger partial charge in [-0.1, -0.05) is 18.2 Å². The number of quaternary nitrogens is 1. The van der Waals surface area contributed by atoms with E-state index in [9.17, 15) is 49.5 Å². The van der Waals surface area contributed by atoms with Crippen LogP contribution in [0.2, 0.25) is 0 Å². The molecular formula is C49H55GdN8O11S. The molecule has 2 heterocycles. The first-order valence-corrected chi connectivity index (χ1v) is 22.6. The topological polar surface area (TPSA) is 248 Å². The van der Waals surface area contributed by atoms with Crippen molar-refractivity contribution in [2.24, 2.45) is 4.99 Å². The van der Waals surface area contributed by atoms with Gasteiger partial charge in [0.15, 0.2) is 5.11 Å². The zero-order valence-corrected chi connectivity index (χ0v) is 42.6. The van der Waals surface area contributed by atoms with Gasteiger partial charge in [0.25, 0.3) is 0 Å². The minimum absolute atomic E-state index is 0. The number of carboxylic acids is 5. The van der Waals surface area contributed by atoms with E-state index in [0.29, 0.717) is 38.5 Å². The quantitative estimate of drug-likeness (QED) is 0.107. The average molecular weight is 1120 g/mol. The normalized spacial score (nSPS) is 19.0. The molecule has 70 heavy (non-hydrogen) atoms. The van der Waals surface area contributed by atoms with Crippen LogP contribution in [0.4, 0.5) is 17.1 Å². The Labute approximate surface area is 443 Å². The van der Waals surface area contributed by atoms with E-state index in [1.807, 2.05) is 76.5 Å². The number of thiocarbonyl (C=S) groups is 1. The fourth-order valence-electron chi connectivity index (χ4n) is 8.44. The molecule has 2 aliphatic heterocycles. The molecule has 0 aromatic heterocycles. The number of hydrogen-bond donors (Lipinski definition) is 2. The van der Waals surface area contributed by atoms with Crippen LogP contribution in [0.25, 0.3) is 5.57 Å². The summed E-state index contributed by atoms with van der Waals surface area (Å²) in [7, 11) is 10.0. The molecule has 0 spiro atoms. The van der Waals surface area contributed by atoms with E-state index >= 15 is 0 Å². The van der Waals surface area contributed by atoms with Crippen LogP contribution in [0, 0.1) is 39.9 Å². The number of nitrogens with one attached hydrogen (secondary N) is 1. The summed E-state index contributed by atoms with van der Waals surface area (Å²) in [6.07, 6.45) is 5.09. The number of hydrogen-bond acceptors (Lipinski definition) is 16. The number of anilines is 2. The fourth-order valence-corrected chi connectivity index (χ4v) is 8.66. The first-order valence-electron chi connectivity index (χ1n) is 22.2. The Morgan fingerprint density at radius 2 is 1.30 bits per heavy atom. The summed E-state index contributed by atoms with van der Waals surface area (Å²) < 4.78 is 7.03. The van der Waals surface area contributed by atoms with Gasteiger partial charge in [-0.15, -0.1) is 0 Å². The third-order valence-corrected chi connectivity index (χ3v) is 12.1. The summed E-state index contributed by atoms with van der Waals surface area (Å²) >= 11 is 5.61. The van der Waals surface area contributed by atoms with Gasteiger partial charge in [-0.3, -0.25) is 24.1 Å². The summed E-state index contributed by atoms with van der Waals surface area (Å²) in [6, 6.07) is 18.1.